The van der Waals surface area contributed by atoms with E-state index in [9.17, 15) is 18.0 Å². The highest BCUT2D eigenvalue weighted by molar-refractivity contribution is 7.91. The number of likely N-dealkylation sites (N-methyl/N-ethyl adjacent to an activating group) is 1. The molecule has 1 aliphatic heterocycles. The van der Waals surface area contributed by atoms with Gasteiger partial charge in [-0.25, -0.2) is 8.42 Å². The highest BCUT2D eigenvalue weighted by atomic mass is 32.2. The van der Waals surface area contributed by atoms with Gasteiger partial charge in [-0.05, 0) is 25.5 Å². The van der Waals surface area contributed by atoms with Crippen molar-refractivity contribution >= 4 is 21.7 Å². The largest absolute Gasteiger partial charge is 0.351 e. The van der Waals surface area contributed by atoms with Gasteiger partial charge in [0.1, 0.15) is 0 Å². The lowest BCUT2D eigenvalue weighted by Crippen LogP contribution is -2.44. The molecule has 27 heavy (non-hydrogen) atoms. The number of nitrogens with zero attached hydrogens (tertiary/aromatic N) is 4. The van der Waals surface area contributed by atoms with Gasteiger partial charge in [0.2, 0.25) is 5.91 Å². The molecule has 1 saturated heterocycles. The quantitative estimate of drug-likeness (QED) is 0.743. The van der Waals surface area contributed by atoms with Crippen LogP contribution in [0.25, 0.3) is 5.69 Å². The molecule has 0 saturated carbocycles. The number of nitrogens with one attached hydrogen (secondary N) is 1. The number of carbonyl (C=O) groups excluding carboxylic acids is 2. The summed E-state index contributed by atoms with van der Waals surface area (Å²) in [5.74, 6) is -0.766. The van der Waals surface area contributed by atoms with Crippen molar-refractivity contribution in [2.75, 3.05) is 24.6 Å². The second-order valence-corrected chi connectivity index (χ2v) is 8.57. The zero-order valence-corrected chi connectivity index (χ0v) is 15.7. The van der Waals surface area contributed by atoms with Crippen LogP contribution < -0.4 is 5.32 Å². The van der Waals surface area contributed by atoms with Crippen molar-refractivity contribution in [3.8, 4) is 5.69 Å². The highest BCUT2D eigenvalue weighted by Gasteiger charge is 2.29. The second-order valence-electron chi connectivity index (χ2n) is 6.34. The molecule has 0 unspecified atom stereocenters. The lowest BCUT2D eigenvalue weighted by molar-refractivity contribution is -0.122. The summed E-state index contributed by atoms with van der Waals surface area (Å²) in [6, 6.07) is 8.78. The van der Waals surface area contributed by atoms with Gasteiger partial charge in [0, 0.05) is 12.6 Å². The molecule has 1 aliphatic rings. The second kappa shape index (κ2) is 7.87. The molecule has 0 aliphatic carbocycles. The summed E-state index contributed by atoms with van der Waals surface area (Å²) in [4.78, 5) is 27.5. The molecule has 1 fully saturated rings. The molecule has 9 nitrogen and oxygen atoms in total. The first kappa shape index (κ1) is 19.0. The Kier molecular flexibility index (Phi) is 5.54. The van der Waals surface area contributed by atoms with E-state index < -0.39 is 21.8 Å². The Labute approximate surface area is 157 Å². The monoisotopic (exact) mass is 391 g/mol. The van der Waals surface area contributed by atoms with Crippen molar-refractivity contribution in [1.29, 1.82) is 0 Å². The van der Waals surface area contributed by atoms with E-state index in [0.29, 0.717) is 13.0 Å². The van der Waals surface area contributed by atoms with Gasteiger partial charge in [0.15, 0.2) is 15.5 Å². The molecule has 1 aromatic heterocycles. The Morgan fingerprint density at radius 1 is 1.30 bits per heavy atom. The molecule has 1 atom stereocenters. The van der Waals surface area contributed by atoms with Crippen LogP contribution in [0.2, 0.25) is 0 Å². The topological polar surface area (TPSA) is 114 Å². The molecular formula is C17H21N5O4S. The van der Waals surface area contributed by atoms with Crippen LogP contribution in [0.4, 0.5) is 0 Å². The maximum atomic E-state index is 12.6. The Morgan fingerprint density at radius 3 is 2.67 bits per heavy atom. The van der Waals surface area contributed by atoms with Crippen molar-refractivity contribution < 1.29 is 18.0 Å². The molecule has 10 heteroatoms. The van der Waals surface area contributed by atoms with Gasteiger partial charge in [0.25, 0.3) is 5.91 Å². The van der Waals surface area contributed by atoms with E-state index >= 15 is 0 Å². The van der Waals surface area contributed by atoms with E-state index in [1.54, 1.807) is 6.92 Å². The fourth-order valence-electron chi connectivity index (χ4n) is 2.89. The number of hydrogen-bond donors (Lipinski definition) is 1. The van der Waals surface area contributed by atoms with E-state index in [2.05, 4.69) is 15.5 Å². The molecule has 2 aromatic rings. The van der Waals surface area contributed by atoms with Crippen LogP contribution >= 0.6 is 0 Å². The first-order valence-corrected chi connectivity index (χ1v) is 10.5. The Hall–Kier alpha value is -2.75. The predicted octanol–water partition coefficient (Wildman–Crippen LogP) is 0.0327. The third kappa shape index (κ3) is 4.70. The number of aromatic nitrogens is 3. The van der Waals surface area contributed by atoms with Gasteiger partial charge >= 0.3 is 0 Å². The molecule has 3 rings (SSSR count). The molecule has 144 valence electrons. The molecule has 0 bridgehead atoms. The van der Waals surface area contributed by atoms with Crippen molar-refractivity contribution in [2.24, 2.45) is 0 Å². The highest BCUT2D eigenvalue weighted by Crippen LogP contribution is 2.11. The maximum absolute atomic E-state index is 12.6. The van der Waals surface area contributed by atoms with Crippen LogP contribution in [0.1, 0.15) is 23.8 Å². The summed E-state index contributed by atoms with van der Waals surface area (Å²) in [5, 5.41) is 11.0. The normalized spacial score (nSPS) is 18.2. The van der Waals surface area contributed by atoms with Crippen LogP contribution in [0.3, 0.4) is 0 Å². The van der Waals surface area contributed by atoms with E-state index in [1.807, 2.05) is 30.3 Å². The minimum atomic E-state index is -3.07. The van der Waals surface area contributed by atoms with Gasteiger partial charge in [-0.1, -0.05) is 18.2 Å². The molecule has 2 amide bonds. The minimum absolute atomic E-state index is 0.0514. The smallest absolute Gasteiger partial charge is 0.276 e. The fourth-order valence-corrected chi connectivity index (χ4v) is 4.56. The molecule has 0 spiro atoms. The Balaban J connectivity index is 1.62. The number of rotatable bonds is 6. The van der Waals surface area contributed by atoms with Gasteiger partial charge in [-0.15, -0.1) is 5.10 Å². The van der Waals surface area contributed by atoms with Crippen LogP contribution in [0.5, 0.6) is 0 Å². The van der Waals surface area contributed by atoms with Crippen molar-refractivity contribution in [2.45, 2.75) is 19.4 Å². The van der Waals surface area contributed by atoms with Crippen molar-refractivity contribution in [3.05, 3.63) is 42.2 Å². The molecule has 1 aromatic carbocycles. The summed E-state index contributed by atoms with van der Waals surface area (Å²) in [6.45, 7) is 1.91. The molecule has 2 heterocycles. The van der Waals surface area contributed by atoms with Crippen LogP contribution in [0, 0.1) is 0 Å². The molecular weight excluding hydrogens is 370 g/mol. The van der Waals surface area contributed by atoms with Gasteiger partial charge in [0.05, 0.1) is 29.9 Å². The van der Waals surface area contributed by atoms with E-state index in [1.165, 1.54) is 15.9 Å². The average Bonchev–Trinajstić information content (AvgIpc) is 3.26. The first-order valence-electron chi connectivity index (χ1n) is 8.65. The summed E-state index contributed by atoms with van der Waals surface area (Å²) in [5.41, 5.74) is 0.858. The lowest BCUT2D eigenvalue weighted by Gasteiger charge is -2.20. The third-order valence-corrected chi connectivity index (χ3v) is 6.07. The van der Waals surface area contributed by atoms with Crippen molar-refractivity contribution in [1.82, 2.24) is 25.2 Å². The van der Waals surface area contributed by atoms with Gasteiger partial charge < -0.3 is 10.2 Å². The summed E-state index contributed by atoms with van der Waals surface area (Å²) in [7, 11) is -3.07. The van der Waals surface area contributed by atoms with Crippen LogP contribution in [0.15, 0.2) is 36.5 Å². The molecule has 1 N–H and O–H groups in total. The summed E-state index contributed by atoms with van der Waals surface area (Å²) >= 11 is 0. The fraction of sp³-hybridized carbons (Fsp3) is 0.412. The number of benzene rings is 1. The maximum Gasteiger partial charge on any atom is 0.276 e. The number of amides is 2. The predicted molar refractivity (Wildman–Crippen MR) is 98.1 cm³/mol. The summed E-state index contributed by atoms with van der Waals surface area (Å²) in [6.07, 6.45) is 1.76. The summed E-state index contributed by atoms with van der Waals surface area (Å²) < 4.78 is 23.0. The van der Waals surface area contributed by atoms with E-state index in [0.717, 1.165) is 5.69 Å². The van der Waals surface area contributed by atoms with E-state index in [-0.39, 0.29) is 29.7 Å². The van der Waals surface area contributed by atoms with Gasteiger partial charge in [-0.2, -0.15) is 9.90 Å². The van der Waals surface area contributed by atoms with Crippen molar-refractivity contribution in [3.63, 3.8) is 0 Å². The zero-order valence-electron chi connectivity index (χ0n) is 14.9. The standard InChI is InChI=1S/C17H21N5O4S/c1-2-21(11-16(23)19-13-8-9-27(25,26)12-13)17(24)15-10-18-22(20-15)14-6-4-3-5-7-14/h3-7,10,13H,2,8-9,11-12H2,1H3,(H,19,23)/t13-/m0/s1. The lowest BCUT2D eigenvalue weighted by atomic mass is 10.2. The zero-order chi connectivity index (χ0) is 19.4. The number of para-hydroxylation sites is 1. The van der Waals surface area contributed by atoms with E-state index in [4.69, 9.17) is 0 Å². The van der Waals surface area contributed by atoms with Crippen LogP contribution in [-0.2, 0) is 14.6 Å². The third-order valence-electron chi connectivity index (χ3n) is 4.30. The van der Waals surface area contributed by atoms with Crippen LogP contribution in [-0.4, -0.2) is 70.8 Å². The SMILES string of the molecule is CCN(CC(=O)N[C@H]1CCS(=O)(=O)C1)C(=O)c1cnn(-c2ccccc2)n1. The van der Waals surface area contributed by atoms with Gasteiger partial charge in [-0.3, -0.25) is 9.59 Å². The number of carbonyl (C=O) groups is 2. The Bertz CT molecular complexity index is 926. The minimum Gasteiger partial charge on any atom is -0.351 e. The average molecular weight is 391 g/mol. The number of hydrogen-bond acceptors (Lipinski definition) is 6. The molecule has 0 radical (unpaired) electrons. The Morgan fingerprint density at radius 2 is 2.04 bits per heavy atom. The number of sulfone groups is 1. The first-order chi connectivity index (χ1) is 12.9.